The lowest BCUT2D eigenvalue weighted by Crippen LogP contribution is -2.09. The number of nitrogens with zero attached hydrogens (tertiary/aromatic N) is 2. The maximum Gasteiger partial charge on any atom is 0.335 e. The highest BCUT2D eigenvalue weighted by molar-refractivity contribution is 7.98. The fraction of sp³-hybridized carbons (Fsp3) is 0.0588. The van der Waals surface area contributed by atoms with Crippen molar-refractivity contribution in [1.29, 1.82) is 0 Å². The fourth-order valence-corrected chi connectivity index (χ4v) is 3.61. The molecule has 0 aliphatic rings. The van der Waals surface area contributed by atoms with E-state index in [4.69, 9.17) is 11.7 Å². The van der Waals surface area contributed by atoms with Crippen molar-refractivity contribution in [2.45, 2.75) is 10.9 Å². The van der Waals surface area contributed by atoms with E-state index in [0.29, 0.717) is 16.6 Å². The van der Waals surface area contributed by atoms with Crippen molar-refractivity contribution in [1.82, 2.24) is 9.97 Å². The van der Waals surface area contributed by atoms with Gasteiger partial charge in [-0.05, 0) is 34.5 Å². The van der Waals surface area contributed by atoms with Crippen LogP contribution in [0.5, 0.6) is 0 Å². The van der Waals surface area contributed by atoms with E-state index >= 15 is 0 Å². The minimum Gasteiger partial charge on any atom is -0.478 e. The lowest BCUT2D eigenvalue weighted by Gasteiger charge is -2.06. The van der Waals surface area contributed by atoms with Crippen molar-refractivity contribution in [3.63, 3.8) is 0 Å². The van der Waals surface area contributed by atoms with Crippen LogP contribution in [-0.4, -0.2) is 21.0 Å². The second kappa shape index (κ2) is 7.34. The van der Waals surface area contributed by atoms with Crippen LogP contribution in [0.2, 0.25) is 0 Å². The Kier molecular flexibility index (Phi) is 4.97. The summed E-state index contributed by atoms with van der Waals surface area (Å²) in [5.74, 6) is -0.538. The van der Waals surface area contributed by atoms with Crippen molar-refractivity contribution in [3.05, 3.63) is 74.0 Å². The molecule has 0 aliphatic heterocycles. The number of carboxylic acid groups (broad SMARTS) is 1. The van der Waals surface area contributed by atoms with E-state index in [0.717, 1.165) is 11.1 Å². The van der Waals surface area contributed by atoms with E-state index in [2.05, 4.69) is 14.8 Å². The smallest absolute Gasteiger partial charge is 0.335 e. The Balaban J connectivity index is 1.89. The SMILES string of the molecule is [C-]#[N+]c1c(-c2ccsc2)nc(SCc2cccc(C(=O)O)c2)[nH]c1=O. The normalized spacial score (nSPS) is 10.4. The Morgan fingerprint density at radius 2 is 2.24 bits per heavy atom. The quantitative estimate of drug-likeness (QED) is 0.403. The molecule has 2 heterocycles. The summed E-state index contributed by atoms with van der Waals surface area (Å²) in [5, 5.41) is 13.1. The van der Waals surface area contributed by atoms with E-state index in [9.17, 15) is 9.59 Å². The number of nitrogens with one attached hydrogen (secondary N) is 1. The summed E-state index contributed by atoms with van der Waals surface area (Å²) in [4.78, 5) is 33.5. The van der Waals surface area contributed by atoms with E-state index in [-0.39, 0.29) is 11.3 Å². The maximum absolute atomic E-state index is 12.1. The molecule has 3 aromatic rings. The number of rotatable bonds is 5. The van der Waals surface area contributed by atoms with Gasteiger partial charge in [0.25, 0.3) is 11.2 Å². The van der Waals surface area contributed by atoms with Gasteiger partial charge < -0.3 is 10.1 Å². The Bertz CT molecular complexity index is 1020. The molecular weight excluding hydrogens is 358 g/mol. The zero-order chi connectivity index (χ0) is 17.8. The molecule has 25 heavy (non-hydrogen) atoms. The Morgan fingerprint density at radius 3 is 2.92 bits per heavy atom. The molecule has 0 spiro atoms. The van der Waals surface area contributed by atoms with E-state index < -0.39 is 11.5 Å². The summed E-state index contributed by atoms with van der Waals surface area (Å²) < 4.78 is 0. The summed E-state index contributed by atoms with van der Waals surface area (Å²) in [7, 11) is 0. The number of H-pyrrole nitrogens is 1. The largest absolute Gasteiger partial charge is 0.478 e. The summed E-state index contributed by atoms with van der Waals surface area (Å²) in [6.45, 7) is 7.20. The third kappa shape index (κ3) is 3.79. The van der Waals surface area contributed by atoms with E-state index in [1.54, 1.807) is 12.1 Å². The predicted octanol–water partition coefficient (Wildman–Crippen LogP) is 4.04. The van der Waals surface area contributed by atoms with Gasteiger partial charge in [0.05, 0.1) is 17.8 Å². The molecule has 0 unspecified atom stereocenters. The molecule has 0 amide bonds. The number of aromatic nitrogens is 2. The molecule has 0 aliphatic carbocycles. The molecule has 0 saturated carbocycles. The molecule has 3 rings (SSSR count). The number of hydrogen-bond acceptors (Lipinski definition) is 5. The van der Waals surface area contributed by atoms with Crippen molar-refractivity contribution in [2.24, 2.45) is 0 Å². The lowest BCUT2D eigenvalue weighted by molar-refractivity contribution is 0.0697. The maximum atomic E-state index is 12.1. The highest BCUT2D eigenvalue weighted by Crippen LogP contribution is 2.29. The van der Waals surface area contributed by atoms with Crippen molar-refractivity contribution in [3.8, 4) is 11.3 Å². The summed E-state index contributed by atoms with van der Waals surface area (Å²) in [6.07, 6.45) is 0. The van der Waals surface area contributed by atoms with Gasteiger partial charge in [-0.3, -0.25) is 4.79 Å². The van der Waals surface area contributed by atoms with Gasteiger partial charge in [0, 0.05) is 11.3 Å². The average Bonchev–Trinajstić information content (AvgIpc) is 3.14. The second-order valence-corrected chi connectivity index (χ2v) is 6.73. The molecule has 2 aromatic heterocycles. The Labute approximate surface area is 151 Å². The van der Waals surface area contributed by atoms with Crippen LogP contribution in [0.25, 0.3) is 16.1 Å². The van der Waals surface area contributed by atoms with Gasteiger partial charge in [0.15, 0.2) is 5.16 Å². The van der Waals surface area contributed by atoms with Crippen LogP contribution in [0.4, 0.5) is 5.69 Å². The summed E-state index contributed by atoms with van der Waals surface area (Å²) in [6, 6.07) is 8.40. The Hall–Kier alpha value is -2.89. The predicted molar refractivity (Wildman–Crippen MR) is 97.4 cm³/mol. The van der Waals surface area contributed by atoms with Gasteiger partial charge in [-0.1, -0.05) is 23.9 Å². The van der Waals surface area contributed by atoms with Crippen LogP contribution in [-0.2, 0) is 5.75 Å². The minimum atomic E-state index is -0.987. The number of carboxylic acids is 1. The van der Waals surface area contributed by atoms with Crippen LogP contribution in [0.1, 0.15) is 15.9 Å². The molecule has 0 saturated heterocycles. The summed E-state index contributed by atoms with van der Waals surface area (Å²) >= 11 is 2.74. The van der Waals surface area contributed by atoms with Crippen LogP contribution in [0.15, 0.2) is 51.0 Å². The van der Waals surface area contributed by atoms with Gasteiger partial charge >= 0.3 is 5.97 Å². The van der Waals surface area contributed by atoms with Crippen molar-refractivity contribution in [2.75, 3.05) is 0 Å². The van der Waals surface area contributed by atoms with E-state index in [1.165, 1.54) is 29.2 Å². The first kappa shape index (κ1) is 17.0. The number of thiophene rings is 1. The van der Waals surface area contributed by atoms with Crippen molar-refractivity contribution >= 4 is 34.8 Å². The number of carbonyl (C=O) groups is 1. The fourth-order valence-electron chi connectivity index (χ4n) is 2.16. The van der Waals surface area contributed by atoms with Crippen molar-refractivity contribution < 1.29 is 9.90 Å². The van der Waals surface area contributed by atoms with Gasteiger partial charge in [0.2, 0.25) is 0 Å². The summed E-state index contributed by atoms with van der Waals surface area (Å²) in [5.41, 5.74) is 1.60. The molecule has 6 nitrogen and oxygen atoms in total. The third-order valence-corrected chi connectivity index (χ3v) is 4.96. The number of thioether (sulfide) groups is 1. The van der Waals surface area contributed by atoms with Gasteiger partial charge in [-0.2, -0.15) is 11.3 Å². The number of aromatic carboxylic acids is 1. The number of aromatic amines is 1. The van der Waals surface area contributed by atoms with Gasteiger partial charge in [-0.25, -0.2) is 14.6 Å². The Morgan fingerprint density at radius 1 is 1.40 bits per heavy atom. The zero-order valence-corrected chi connectivity index (χ0v) is 14.4. The second-order valence-electron chi connectivity index (χ2n) is 4.99. The standard InChI is InChI=1S/C17H11N3O3S2/c1-18-14-13(12-5-6-24-9-12)19-17(20-15(14)21)25-8-10-3-2-4-11(7-10)16(22)23/h2-7,9H,8H2,(H,22,23)(H,19,20,21). The number of benzene rings is 1. The molecule has 124 valence electrons. The molecule has 0 fully saturated rings. The third-order valence-electron chi connectivity index (χ3n) is 3.33. The molecule has 0 atom stereocenters. The molecule has 8 heteroatoms. The molecule has 0 radical (unpaired) electrons. The molecule has 0 bridgehead atoms. The average molecular weight is 369 g/mol. The minimum absolute atomic E-state index is 0.0318. The highest BCUT2D eigenvalue weighted by Gasteiger charge is 2.14. The van der Waals surface area contributed by atoms with Crippen LogP contribution in [0.3, 0.4) is 0 Å². The molecular formula is C17H11N3O3S2. The first-order chi connectivity index (χ1) is 12.1. The first-order valence-electron chi connectivity index (χ1n) is 7.08. The monoisotopic (exact) mass is 369 g/mol. The lowest BCUT2D eigenvalue weighted by atomic mass is 10.1. The van der Waals surface area contributed by atoms with Crippen LogP contribution < -0.4 is 5.56 Å². The highest BCUT2D eigenvalue weighted by atomic mass is 32.2. The molecule has 1 aromatic carbocycles. The zero-order valence-electron chi connectivity index (χ0n) is 12.7. The number of hydrogen-bond donors (Lipinski definition) is 2. The van der Waals surface area contributed by atoms with Gasteiger partial charge in [0.1, 0.15) is 0 Å². The van der Waals surface area contributed by atoms with E-state index in [1.807, 2.05) is 22.9 Å². The molecule has 2 N–H and O–H groups in total. The van der Waals surface area contributed by atoms with Crippen LogP contribution >= 0.6 is 23.1 Å². The van der Waals surface area contributed by atoms with Crippen LogP contribution in [0, 0.1) is 6.57 Å². The van der Waals surface area contributed by atoms with Gasteiger partial charge in [-0.15, -0.1) is 0 Å². The topological polar surface area (TPSA) is 87.4 Å². The first-order valence-corrected chi connectivity index (χ1v) is 9.00.